The predicted octanol–water partition coefficient (Wildman–Crippen LogP) is 3.82. The van der Waals surface area contributed by atoms with E-state index >= 15 is 0 Å². The van der Waals surface area contributed by atoms with Crippen LogP contribution in [0, 0.1) is 0 Å². The highest BCUT2D eigenvalue weighted by atomic mass is 16.5. The first-order chi connectivity index (χ1) is 16.1. The molecule has 0 unspecified atom stereocenters. The monoisotopic (exact) mass is 444 g/mol. The highest BCUT2D eigenvalue weighted by Crippen LogP contribution is 2.28. The van der Waals surface area contributed by atoms with E-state index < -0.39 is 0 Å². The lowest BCUT2D eigenvalue weighted by Gasteiger charge is -2.36. The van der Waals surface area contributed by atoms with Gasteiger partial charge in [0.05, 0.1) is 20.1 Å². The summed E-state index contributed by atoms with van der Waals surface area (Å²) in [4.78, 5) is 30.3. The zero-order chi connectivity index (χ0) is 23.2. The van der Waals surface area contributed by atoms with Crippen molar-refractivity contribution in [2.24, 2.45) is 0 Å². The molecule has 1 aliphatic heterocycles. The molecule has 0 atom stereocenters. The number of amides is 2. The molecule has 4 rings (SSSR count). The Bertz CT molecular complexity index is 1030. The predicted molar refractivity (Wildman–Crippen MR) is 127 cm³/mol. The van der Waals surface area contributed by atoms with E-state index in [-0.39, 0.29) is 17.7 Å². The number of nitrogens with zero attached hydrogens (tertiary/aromatic N) is 2. The first-order valence-corrected chi connectivity index (χ1v) is 11.0. The van der Waals surface area contributed by atoms with E-state index in [0.29, 0.717) is 43.2 Å². The van der Waals surface area contributed by atoms with Gasteiger partial charge < -0.3 is 19.3 Å². The third kappa shape index (κ3) is 5.00. The smallest absolute Gasteiger partial charge is 0.254 e. The minimum Gasteiger partial charge on any atom is -0.497 e. The molecule has 0 radical (unpaired) electrons. The summed E-state index contributed by atoms with van der Waals surface area (Å²) < 4.78 is 10.6. The molecular formula is C27H28N2O4. The maximum absolute atomic E-state index is 13.6. The van der Waals surface area contributed by atoms with Crippen LogP contribution < -0.4 is 9.47 Å². The first-order valence-electron chi connectivity index (χ1n) is 11.0. The van der Waals surface area contributed by atoms with Gasteiger partial charge in [-0.2, -0.15) is 0 Å². The Kier molecular flexibility index (Phi) is 6.93. The van der Waals surface area contributed by atoms with E-state index in [1.54, 1.807) is 37.3 Å². The fraction of sp³-hybridized carbons (Fsp3) is 0.259. The van der Waals surface area contributed by atoms with Crippen LogP contribution in [0.4, 0.5) is 0 Å². The van der Waals surface area contributed by atoms with E-state index in [1.807, 2.05) is 65.6 Å². The molecule has 0 aromatic heterocycles. The quantitative estimate of drug-likeness (QED) is 0.580. The molecule has 1 saturated heterocycles. The number of benzene rings is 3. The average Bonchev–Trinajstić information content (AvgIpc) is 2.89. The van der Waals surface area contributed by atoms with Crippen molar-refractivity contribution in [1.82, 2.24) is 9.80 Å². The number of rotatable bonds is 6. The van der Waals surface area contributed by atoms with Crippen LogP contribution in [0.3, 0.4) is 0 Å². The number of methoxy groups -OCH3 is 2. The average molecular weight is 445 g/mol. The minimum atomic E-state index is -0.364. The molecular weight excluding hydrogens is 416 g/mol. The molecule has 0 N–H and O–H groups in total. The standard InChI is InChI=1S/C27H28N2O4/c1-32-23-17-22(18-24(19-23)33-2)26(30)28-13-15-29(16-14-28)27(31)25(20-9-5-3-6-10-20)21-11-7-4-8-12-21/h3-12,17-19,25H,13-16H2,1-2H3. The fourth-order valence-electron chi connectivity index (χ4n) is 4.19. The van der Waals surface area contributed by atoms with Crippen molar-refractivity contribution in [2.75, 3.05) is 40.4 Å². The summed E-state index contributed by atoms with van der Waals surface area (Å²) in [5.41, 5.74) is 2.45. The van der Waals surface area contributed by atoms with Crippen molar-refractivity contribution < 1.29 is 19.1 Å². The van der Waals surface area contributed by atoms with Gasteiger partial charge in [-0.25, -0.2) is 0 Å². The molecule has 1 aliphatic rings. The van der Waals surface area contributed by atoms with Gasteiger partial charge in [-0.3, -0.25) is 9.59 Å². The Balaban J connectivity index is 1.49. The summed E-state index contributed by atoms with van der Waals surface area (Å²) in [6.07, 6.45) is 0. The van der Waals surface area contributed by atoms with Crippen LogP contribution in [0.15, 0.2) is 78.9 Å². The van der Waals surface area contributed by atoms with Gasteiger partial charge >= 0.3 is 0 Å². The first kappa shape index (κ1) is 22.4. The van der Waals surface area contributed by atoms with Crippen molar-refractivity contribution >= 4 is 11.8 Å². The van der Waals surface area contributed by atoms with E-state index in [4.69, 9.17) is 9.47 Å². The number of piperazine rings is 1. The molecule has 2 amide bonds. The van der Waals surface area contributed by atoms with Gasteiger partial charge in [0.25, 0.3) is 5.91 Å². The van der Waals surface area contributed by atoms with Crippen LogP contribution in [-0.2, 0) is 4.79 Å². The molecule has 1 heterocycles. The number of ether oxygens (including phenoxy) is 2. The highest BCUT2D eigenvalue weighted by Gasteiger charge is 2.31. The van der Waals surface area contributed by atoms with E-state index in [0.717, 1.165) is 11.1 Å². The molecule has 170 valence electrons. The van der Waals surface area contributed by atoms with Crippen molar-refractivity contribution in [3.63, 3.8) is 0 Å². The van der Waals surface area contributed by atoms with Gasteiger partial charge in [0.2, 0.25) is 5.91 Å². The van der Waals surface area contributed by atoms with Crippen LogP contribution in [0.2, 0.25) is 0 Å². The summed E-state index contributed by atoms with van der Waals surface area (Å²) in [7, 11) is 3.12. The highest BCUT2D eigenvalue weighted by molar-refractivity contribution is 5.95. The van der Waals surface area contributed by atoms with Gasteiger partial charge in [0.15, 0.2) is 0 Å². The van der Waals surface area contributed by atoms with Gasteiger partial charge in [0.1, 0.15) is 11.5 Å². The summed E-state index contributed by atoms with van der Waals surface area (Å²) >= 11 is 0. The number of hydrogen-bond donors (Lipinski definition) is 0. The lowest BCUT2D eigenvalue weighted by Crippen LogP contribution is -2.51. The van der Waals surface area contributed by atoms with Crippen LogP contribution in [0.25, 0.3) is 0 Å². The Labute approximate surface area is 194 Å². The maximum atomic E-state index is 13.6. The fourth-order valence-corrected chi connectivity index (χ4v) is 4.19. The third-order valence-electron chi connectivity index (χ3n) is 5.99. The normalized spacial score (nSPS) is 13.7. The van der Waals surface area contributed by atoms with Crippen molar-refractivity contribution in [1.29, 1.82) is 0 Å². The molecule has 6 heteroatoms. The molecule has 0 spiro atoms. The second-order valence-electron chi connectivity index (χ2n) is 7.97. The van der Waals surface area contributed by atoms with Gasteiger partial charge in [-0.15, -0.1) is 0 Å². The summed E-state index contributed by atoms with van der Waals surface area (Å²) in [6, 6.07) is 24.9. The Hall–Kier alpha value is -3.80. The Morgan fingerprint density at radius 1 is 0.697 bits per heavy atom. The molecule has 3 aromatic rings. The van der Waals surface area contributed by atoms with E-state index in [9.17, 15) is 9.59 Å². The van der Waals surface area contributed by atoms with Gasteiger partial charge in [-0.1, -0.05) is 60.7 Å². The van der Waals surface area contributed by atoms with Crippen molar-refractivity contribution in [3.8, 4) is 11.5 Å². The van der Waals surface area contributed by atoms with Crippen molar-refractivity contribution in [2.45, 2.75) is 5.92 Å². The Morgan fingerprint density at radius 3 is 1.61 bits per heavy atom. The second kappa shape index (κ2) is 10.2. The van der Waals surface area contributed by atoms with E-state index in [2.05, 4.69) is 0 Å². The lowest BCUT2D eigenvalue weighted by atomic mass is 9.90. The third-order valence-corrected chi connectivity index (χ3v) is 5.99. The number of carbonyl (C=O) groups excluding carboxylic acids is 2. The topological polar surface area (TPSA) is 59.1 Å². The van der Waals surface area contributed by atoms with Crippen LogP contribution in [-0.4, -0.2) is 62.0 Å². The summed E-state index contributed by atoms with van der Waals surface area (Å²) in [5.74, 6) is 0.738. The second-order valence-corrected chi connectivity index (χ2v) is 7.97. The molecule has 6 nitrogen and oxygen atoms in total. The van der Waals surface area contributed by atoms with E-state index in [1.165, 1.54) is 0 Å². The number of carbonyl (C=O) groups is 2. The molecule has 33 heavy (non-hydrogen) atoms. The summed E-state index contributed by atoms with van der Waals surface area (Å²) in [6.45, 7) is 1.92. The van der Waals surface area contributed by atoms with Crippen LogP contribution >= 0.6 is 0 Å². The molecule has 0 bridgehead atoms. The van der Waals surface area contributed by atoms with Crippen molar-refractivity contribution in [3.05, 3.63) is 95.6 Å². The maximum Gasteiger partial charge on any atom is 0.254 e. The SMILES string of the molecule is COc1cc(OC)cc(C(=O)N2CCN(C(=O)C(c3ccccc3)c3ccccc3)CC2)c1. The number of hydrogen-bond acceptors (Lipinski definition) is 4. The Morgan fingerprint density at radius 2 is 1.15 bits per heavy atom. The lowest BCUT2D eigenvalue weighted by molar-refractivity contribution is -0.133. The molecule has 3 aromatic carbocycles. The molecule has 0 saturated carbocycles. The van der Waals surface area contributed by atoms with Crippen LogP contribution in [0.1, 0.15) is 27.4 Å². The zero-order valence-electron chi connectivity index (χ0n) is 18.9. The van der Waals surface area contributed by atoms with Gasteiger partial charge in [-0.05, 0) is 23.3 Å². The molecule has 0 aliphatic carbocycles. The van der Waals surface area contributed by atoms with Crippen LogP contribution in [0.5, 0.6) is 11.5 Å². The minimum absolute atomic E-state index is 0.0579. The molecule has 1 fully saturated rings. The zero-order valence-corrected chi connectivity index (χ0v) is 18.9. The summed E-state index contributed by atoms with van der Waals surface area (Å²) in [5, 5.41) is 0. The van der Waals surface area contributed by atoms with Gasteiger partial charge in [0, 0.05) is 37.8 Å². The largest absolute Gasteiger partial charge is 0.497 e.